The summed E-state index contributed by atoms with van der Waals surface area (Å²) >= 11 is 0. The number of aliphatic carboxylic acids is 1. The smallest absolute Gasteiger partial charge is 0.308 e. The number of aliphatic hydroxyl groups is 2. The lowest BCUT2D eigenvalue weighted by atomic mass is 9.43. The van der Waals surface area contributed by atoms with Crippen LogP contribution in [-0.4, -0.2) is 52.2 Å². The second-order valence-corrected chi connectivity index (χ2v) is 13.9. The molecule has 0 aliphatic heterocycles. The molecular formula is C31H50O8. The molecule has 4 aliphatic rings. The second-order valence-electron chi connectivity index (χ2n) is 13.9. The molecule has 0 spiro atoms. The van der Waals surface area contributed by atoms with Gasteiger partial charge in [-0.1, -0.05) is 27.7 Å². The summed E-state index contributed by atoms with van der Waals surface area (Å²) in [4.78, 5) is 34.9. The summed E-state index contributed by atoms with van der Waals surface area (Å²) in [7, 11) is 0. The molecule has 8 nitrogen and oxygen atoms in total. The fraction of sp³-hybridized carbons (Fsp3) is 0.903. The first-order valence-corrected chi connectivity index (χ1v) is 15.3. The van der Waals surface area contributed by atoms with Crippen molar-refractivity contribution in [2.45, 2.75) is 117 Å². The van der Waals surface area contributed by atoms with Gasteiger partial charge in [-0.3, -0.25) is 14.4 Å². The van der Waals surface area contributed by atoms with Crippen molar-refractivity contribution >= 4 is 17.9 Å². The molecule has 8 heteroatoms. The third-order valence-electron chi connectivity index (χ3n) is 11.9. The van der Waals surface area contributed by atoms with Crippen LogP contribution >= 0.6 is 0 Å². The Bertz CT molecular complexity index is 905. The first-order chi connectivity index (χ1) is 18.4. The number of carboxylic acids is 1. The molecule has 4 saturated carbocycles. The van der Waals surface area contributed by atoms with Gasteiger partial charge in [0.2, 0.25) is 6.79 Å². The number of rotatable bonds is 10. The summed E-state index contributed by atoms with van der Waals surface area (Å²) in [6.45, 7) is 8.19. The lowest BCUT2D eigenvalue weighted by Gasteiger charge is -2.62. The number of carbonyl (C=O) groups is 3. The quantitative estimate of drug-likeness (QED) is 0.258. The van der Waals surface area contributed by atoms with Gasteiger partial charge in [0.15, 0.2) is 0 Å². The van der Waals surface area contributed by atoms with E-state index in [1.165, 1.54) is 6.92 Å². The van der Waals surface area contributed by atoms with Gasteiger partial charge in [-0.2, -0.15) is 0 Å². The highest BCUT2D eigenvalue weighted by molar-refractivity contribution is 5.73. The van der Waals surface area contributed by atoms with E-state index in [2.05, 4.69) is 20.8 Å². The van der Waals surface area contributed by atoms with Crippen LogP contribution in [0.15, 0.2) is 0 Å². The van der Waals surface area contributed by atoms with Gasteiger partial charge in [-0.05, 0) is 111 Å². The SMILES string of the molecule is CC(CCC(=O)OCOC(=O)CC[C@@H](C)C1CCC2C3C(CC[C@@]21C)[C@@]1(C)CC[C@@H](O)C[C@H]1C[C@@H]3O)C(=O)O. The van der Waals surface area contributed by atoms with Gasteiger partial charge in [0.25, 0.3) is 0 Å². The van der Waals surface area contributed by atoms with Crippen LogP contribution in [0.5, 0.6) is 0 Å². The van der Waals surface area contributed by atoms with E-state index in [4.69, 9.17) is 14.6 Å². The monoisotopic (exact) mass is 550 g/mol. The average molecular weight is 551 g/mol. The minimum atomic E-state index is -0.957. The molecule has 222 valence electrons. The Labute approximate surface area is 233 Å². The number of carboxylic acid groups (broad SMARTS) is 1. The molecule has 4 fully saturated rings. The maximum atomic E-state index is 12.3. The Morgan fingerprint density at radius 1 is 0.846 bits per heavy atom. The van der Waals surface area contributed by atoms with Crippen LogP contribution < -0.4 is 0 Å². The number of esters is 2. The van der Waals surface area contributed by atoms with E-state index in [0.717, 1.165) is 51.4 Å². The largest absolute Gasteiger partial charge is 0.481 e. The van der Waals surface area contributed by atoms with Crippen molar-refractivity contribution in [1.82, 2.24) is 0 Å². The van der Waals surface area contributed by atoms with E-state index >= 15 is 0 Å². The molecule has 3 N–H and O–H groups in total. The minimum Gasteiger partial charge on any atom is -0.481 e. The topological polar surface area (TPSA) is 130 Å². The lowest BCUT2D eigenvalue weighted by molar-refractivity contribution is -0.174. The summed E-state index contributed by atoms with van der Waals surface area (Å²) in [5.41, 5.74) is 0.376. The van der Waals surface area contributed by atoms with Crippen molar-refractivity contribution in [2.24, 2.45) is 52.3 Å². The molecule has 0 aromatic carbocycles. The van der Waals surface area contributed by atoms with Gasteiger partial charge in [-0.25, -0.2) is 0 Å². The number of fused-ring (bicyclic) bond motifs is 5. The summed E-state index contributed by atoms with van der Waals surface area (Å²) in [6.07, 6.45) is 8.78. The number of ether oxygens (including phenoxy) is 2. The summed E-state index contributed by atoms with van der Waals surface area (Å²) in [5.74, 6) is 0.0613. The Balaban J connectivity index is 1.26. The maximum absolute atomic E-state index is 12.3. The summed E-state index contributed by atoms with van der Waals surface area (Å²) in [6, 6.07) is 0. The van der Waals surface area contributed by atoms with Crippen molar-refractivity contribution in [1.29, 1.82) is 0 Å². The lowest BCUT2D eigenvalue weighted by Crippen LogP contribution is -2.58. The number of carbonyl (C=O) groups excluding carboxylic acids is 2. The fourth-order valence-electron chi connectivity index (χ4n) is 9.49. The number of aliphatic hydroxyl groups excluding tert-OH is 2. The summed E-state index contributed by atoms with van der Waals surface area (Å²) in [5, 5.41) is 30.6. The van der Waals surface area contributed by atoms with E-state index in [0.29, 0.717) is 41.9 Å². The van der Waals surface area contributed by atoms with Crippen LogP contribution in [0.25, 0.3) is 0 Å². The number of hydrogen-bond acceptors (Lipinski definition) is 7. The summed E-state index contributed by atoms with van der Waals surface area (Å²) < 4.78 is 10.1. The molecule has 4 rings (SSSR count). The first-order valence-electron chi connectivity index (χ1n) is 15.3. The zero-order chi connectivity index (χ0) is 28.5. The molecule has 0 saturated heterocycles. The maximum Gasteiger partial charge on any atom is 0.308 e. The third kappa shape index (κ3) is 6.17. The molecular weight excluding hydrogens is 500 g/mol. The van der Waals surface area contributed by atoms with Crippen LogP contribution in [0.1, 0.15) is 105 Å². The zero-order valence-electron chi connectivity index (χ0n) is 24.3. The molecule has 4 aliphatic carbocycles. The van der Waals surface area contributed by atoms with E-state index in [9.17, 15) is 24.6 Å². The predicted octanol–water partition coefficient (Wildman–Crippen LogP) is 4.94. The molecule has 0 radical (unpaired) electrons. The van der Waals surface area contributed by atoms with Crippen LogP contribution in [0.3, 0.4) is 0 Å². The standard InChI is InChI=1S/C31H50O8/c1-18(5-9-26(34)38-17-39-27(35)10-6-19(2)29(36)37)22-7-8-23-28-24(12-14-31(22,23)4)30(3)13-11-21(32)15-20(30)16-25(28)33/h18-25,28,32-33H,5-17H2,1-4H3,(H,36,37)/t18-,19?,20+,21-,22?,23?,24?,25+,28?,30+,31-/m1/s1. The van der Waals surface area contributed by atoms with Gasteiger partial charge in [0.05, 0.1) is 18.1 Å². The molecule has 0 heterocycles. The minimum absolute atomic E-state index is 0.0260. The molecule has 0 aromatic rings. The van der Waals surface area contributed by atoms with Crippen LogP contribution in [0, 0.1) is 52.3 Å². The number of hydrogen-bond donors (Lipinski definition) is 3. The van der Waals surface area contributed by atoms with Crippen molar-refractivity contribution < 1.29 is 39.2 Å². The van der Waals surface area contributed by atoms with E-state index in [1.54, 1.807) is 0 Å². The van der Waals surface area contributed by atoms with Crippen LogP contribution in [0.2, 0.25) is 0 Å². The molecule has 5 unspecified atom stereocenters. The normalized spacial score (nSPS) is 40.9. The molecule has 0 amide bonds. The van der Waals surface area contributed by atoms with E-state index in [1.807, 2.05) is 0 Å². The van der Waals surface area contributed by atoms with Crippen LogP contribution in [-0.2, 0) is 23.9 Å². The Morgan fingerprint density at radius 3 is 2.13 bits per heavy atom. The average Bonchev–Trinajstić information content (AvgIpc) is 3.24. The Kier molecular flexibility index (Phi) is 9.36. The van der Waals surface area contributed by atoms with E-state index < -0.39 is 30.6 Å². The zero-order valence-corrected chi connectivity index (χ0v) is 24.3. The van der Waals surface area contributed by atoms with Gasteiger partial charge >= 0.3 is 17.9 Å². The fourth-order valence-corrected chi connectivity index (χ4v) is 9.49. The van der Waals surface area contributed by atoms with Crippen molar-refractivity contribution in [3.8, 4) is 0 Å². The van der Waals surface area contributed by atoms with Gasteiger partial charge in [-0.15, -0.1) is 0 Å². The van der Waals surface area contributed by atoms with Crippen molar-refractivity contribution in [2.75, 3.05) is 6.79 Å². The highest BCUT2D eigenvalue weighted by Gasteiger charge is 2.62. The molecule has 0 aromatic heterocycles. The van der Waals surface area contributed by atoms with E-state index in [-0.39, 0.29) is 42.3 Å². The predicted molar refractivity (Wildman–Crippen MR) is 144 cm³/mol. The molecule has 11 atom stereocenters. The molecule has 39 heavy (non-hydrogen) atoms. The third-order valence-corrected chi connectivity index (χ3v) is 11.9. The Morgan fingerprint density at radius 2 is 1.46 bits per heavy atom. The Hall–Kier alpha value is -1.67. The molecule has 0 bridgehead atoms. The van der Waals surface area contributed by atoms with Crippen LogP contribution in [0.4, 0.5) is 0 Å². The first kappa shape index (κ1) is 30.3. The van der Waals surface area contributed by atoms with Gasteiger partial charge in [0.1, 0.15) is 0 Å². The van der Waals surface area contributed by atoms with Crippen molar-refractivity contribution in [3.63, 3.8) is 0 Å². The van der Waals surface area contributed by atoms with Gasteiger partial charge in [0, 0.05) is 12.8 Å². The highest BCUT2D eigenvalue weighted by Crippen LogP contribution is 2.68. The second kappa shape index (κ2) is 12.1. The van der Waals surface area contributed by atoms with Crippen molar-refractivity contribution in [3.05, 3.63) is 0 Å². The highest BCUT2D eigenvalue weighted by atomic mass is 16.7. The van der Waals surface area contributed by atoms with Gasteiger partial charge < -0.3 is 24.8 Å².